The van der Waals surface area contributed by atoms with E-state index in [1.165, 1.54) is 37.7 Å². The van der Waals surface area contributed by atoms with Gasteiger partial charge in [0.25, 0.3) is 0 Å². The molecule has 2 heteroatoms. The molecule has 0 aliphatic heterocycles. The van der Waals surface area contributed by atoms with Crippen molar-refractivity contribution in [3.8, 4) is 0 Å². The van der Waals surface area contributed by atoms with Gasteiger partial charge in [0.05, 0.1) is 0 Å². The molecule has 0 aliphatic carbocycles. The molecule has 178 valence electrons. The van der Waals surface area contributed by atoms with Crippen LogP contribution in [0.4, 0.5) is 17.1 Å². The van der Waals surface area contributed by atoms with Gasteiger partial charge < -0.3 is 9.32 Å². The molecule has 0 saturated heterocycles. The van der Waals surface area contributed by atoms with Crippen LogP contribution in [-0.4, -0.2) is 0 Å². The lowest BCUT2D eigenvalue weighted by atomic mass is 9.93. The van der Waals surface area contributed by atoms with Crippen LogP contribution in [0.15, 0.2) is 144 Å². The topological polar surface area (TPSA) is 16.4 Å². The van der Waals surface area contributed by atoms with Crippen LogP contribution in [0.1, 0.15) is 0 Å². The Hall–Kier alpha value is -5.08. The molecule has 7 aromatic carbocycles. The van der Waals surface area contributed by atoms with Gasteiger partial charge in [-0.05, 0) is 75.5 Å². The quantitative estimate of drug-likeness (QED) is 0.231. The fourth-order valence-electron chi connectivity index (χ4n) is 5.91. The lowest BCUT2D eigenvalue weighted by Crippen LogP contribution is -2.09. The Morgan fingerprint density at radius 3 is 1.71 bits per heavy atom. The molecule has 2 nitrogen and oxygen atoms in total. The van der Waals surface area contributed by atoms with E-state index in [0.717, 1.165) is 33.6 Å². The van der Waals surface area contributed by atoms with Crippen LogP contribution in [0.25, 0.3) is 54.3 Å². The summed E-state index contributed by atoms with van der Waals surface area (Å²) in [6.07, 6.45) is 0. The van der Waals surface area contributed by atoms with E-state index in [2.05, 4.69) is 138 Å². The van der Waals surface area contributed by atoms with E-state index in [1.807, 2.05) is 6.07 Å². The molecule has 0 fully saturated rings. The largest absolute Gasteiger partial charge is 0.456 e. The number of hydrogen-bond donors (Lipinski definition) is 0. The van der Waals surface area contributed by atoms with Crippen molar-refractivity contribution in [2.45, 2.75) is 0 Å². The Balaban J connectivity index is 1.44. The number of anilines is 3. The maximum atomic E-state index is 6.26. The summed E-state index contributed by atoms with van der Waals surface area (Å²) >= 11 is 0. The van der Waals surface area contributed by atoms with Crippen molar-refractivity contribution in [2.75, 3.05) is 4.90 Å². The molecule has 0 radical (unpaired) electrons. The number of fused-ring (bicyclic) bond motifs is 9. The summed E-state index contributed by atoms with van der Waals surface area (Å²) in [5.74, 6) is 0. The van der Waals surface area contributed by atoms with Crippen LogP contribution in [0.5, 0.6) is 0 Å². The van der Waals surface area contributed by atoms with Crippen LogP contribution in [0, 0.1) is 0 Å². The minimum atomic E-state index is 0.927. The molecule has 8 rings (SSSR count). The van der Waals surface area contributed by atoms with Crippen molar-refractivity contribution in [3.05, 3.63) is 140 Å². The third-order valence-electron chi connectivity index (χ3n) is 7.59. The van der Waals surface area contributed by atoms with Gasteiger partial charge in [-0.2, -0.15) is 0 Å². The van der Waals surface area contributed by atoms with E-state index in [9.17, 15) is 0 Å². The zero-order valence-corrected chi connectivity index (χ0v) is 20.6. The first-order valence-corrected chi connectivity index (χ1v) is 12.9. The molecule has 0 N–H and O–H groups in total. The molecule has 0 saturated carbocycles. The summed E-state index contributed by atoms with van der Waals surface area (Å²) in [6.45, 7) is 0. The van der Waals surface area contributed by atoms with Crippen molar-refractivity contribution >= 4 is 71.3 Å². The summed E-state index contributed by atoms with van der Waals surface area (Å²) in [5, 5.41) is 9.80. The maximum Gasteiger partial charge on any atom is 0.136 e. The van der Waals surface area contributed by atoms with Gasteiger partial charge in [0, 0.05) is 33.2 Å². The normalized spacial score (nSPS) is 11.7. The van der Waals surface area contributed by atoms with Gasteiger partial charge in [-0.25, -0.2) is 0 Å². The highest BCUT2D eigenvalue weighted by molar-refractivity contribution is 6.31. The SMILES string of the molecule is c1ccc(N(c2ccccc2)c2ccc3c(ccc4ccc5ccc6oc7ccccc7c6c5c43)c2)cc1. The molecule has 38 heavy (non-hydrogen) atoms. The van der Waals surface area contributed by atoms with Gasteiger partial charge in [-0.1, -0.05) is 91.0 Å². The average molecular weight is 486 g/mol. The number of rotatable bonds is 3. The monoisotopic (exact) mass is 485 g/mol. The van der Waals surface area contributed by atoms with Crippen LogP contribution >= 0.6 is 0 Å². The summed E-state index contributed by atoms with van der Waals surface area (Å²) in [4.78, 5) is 2.31. The first-order valence-electron chi connectivity index (χ1n) is 12.9. The van der Waals surface area contributed by atoms with Crippen molar-refractivity contribution in [1.29, 1.82) is 0 Å². The fraction of sp³-hybridized carbons (Fsp3) is 0. The van der Waals surface area contributed by atoms with Crippen LogP contribution in [-0.2, 0) is 0 Å². The molecule has 1 heterocycles. The summed E-state index contributed by atoms with van der Waals surface area (Å²) in [6, 6.07) is 49.5. The van der Waals surface area contributed by atoms with Gasteiger partial charge >= 0.3 is 0 Å². The average Bonchev–Trinajstić information content (AvgIpc) is 3.37. The number of hydrogen-bond acceptors (Lipinski definition) is 2. The Morgan fingerprint density at radius 1 is 0.368 bits per heavy atom. The lowest BCUT2D eigenvalue weighted by Gasteiger charge is -2.26. The fourth-order valence-corrected chi connectivity index (χ4v) is 5.91. The van der Waals surface area contributed by atoms with Crippen molar-refractivity contribution in [1.82, 2.24) is 0 Å². The van der Waals surface area contributed by atoms with E-state index in [4.69, 9.17) is 4.42 Å². The molecule has 1 aromatic heterocycles. The highest BCUT2D eigenvalue weighted by Gasteiger charge is 2.16. The Morgan fingerprint density at radius 2 is 0.974 bits per heavy atom. The zero-order chi connectivity index (χ0) is 25.1. The summed E-state index contributed by atoms with van der Waals surface area (Å²) < 4.78 is 6.26. The highest BCUT2D eigenvalue weighted by Crippen LogP contribution is 2.42. The van der Waals surface area contributed by atoms with Gasteiger partial charge in [0.1, 0.15) is 11.2 Å². The third kappa shape index (κ3) is 3.14. The third-order valence-corrected chi connectivity index (χ3v) is 7.59. The second-order valence-corrected chi connectivity index (χ2v) is 9.78. The van der Waals surface area contributed by atoms with Crippen molar-refractivity contribution in [2.24, 2.45) is 0 Å². The maximum absolute atomic E-state index is 6.26. The molecule has 0 unspecified atom stereocenters. The van der Waals surface area contributed by atoms with Crippen LogP contribution in [0.3, 0.4) is 0 Å². The molecule has 0 bridgehead atoms. The number of para-hydroxylation sites is 3. The minimum Gasteiger partial charge on any atom is -0.456 e. The first-order chi connectivity index (χ1) is 18.8. The van der Waals surface area contributed by atoms with Gasteiger partial charge in [-0.3, -0.25) is 0 Å². The summed E-state index contributed by atoms with van der Waals surface area (Å²) in [5.41, 5.74) is 5.26. The van der Waals surface area contributed by atoms with E-state index >= 15 is 0 Å². The first kappa shape index (κ1) is 21.0. The van der Waals surface area contributed by atoms with E-state index in [0.29, 0.717) is 0 Å². The van der Waals surface area contributed by atoms with Gasteiger partial charge in [-0.15, -0.1) is 0 Å². The van der Waals surface area contributed by atoms with Crippen LogP contribution < -0.4 is 4.90 Å². The highest BCUT2D eigenvalue weighted by atomic mass is 16.3. The minimum absolute atomic E-state index is 0.927. The lowest BCUT2D eigenvalue weighted by molar-refractivity contribution is 0.669. The molecule has 0 atom stereocenters. The molecule has 0 spiro atoms. The molecule has 0 amide bonds. The van der Waals surface area contributed by atoms with E-state index in [-0.39, 0.29) is 0 Å². The number of benzene rings is 7. The van der Waals surface area contributed by atoms with Gasteiger partial charge in [0.2, 0.25) is 0 Å². The molecule has 0 aliphatic rings. The predicted molar refractivity (Wildman–Crippen MR) is 161 cm³/mol. The van der Waals surface area contributed by atoms with E-state index in [1.54, 1.807) is 0 Å². The Kier molecular flexibility index (Phi) is 4.55. The molecular weight excluding hydrogens is 462 g/mol. The standard InChI is InChI=1S/C36H23NO/c1-3-9-27(10-4-1)37(28-11-5-2-6-12-28)29-20-21-30-26(23-29)18-17-24-15-16-25-19-22-33-36(35(25)34(24)30)31-13-7-8-14-32(31)38-33/h1-23H. The zero-order valence-electron chi connectivity index (χ0n) is 20.6. The number of furan rings is 1. The van der Waals surface area contributed by atoms with Crippen LogP contribution in [0.2, 0.25) is 0 Å². The Labute approximate surface area is 220 Å². The summed E-state index contributed by atoms with van der Waals surface area (Å²) in [7, 11) is 0. The van der Waals surface area contributed by atoms with Gasteiger partial charge in [0.15, 0.2) is 0 Å². The van der Waals surface area contributed by atoms with Crippen molar-refractivity contribution in [3.63, 3.8) is 0 Å². The predicted octanol–water partition coefficient (Wildman–Crippen LogP) is 10.5. The van der Waals surface area contributed by atoms with Crippen molar-refractivity contribution < 1.29 is 4.42 Å². The number of nitrogens with zero attached hydrogens (tertiary/aromatic N) is 1. The Bertz CT molecular complexity index is 2090. The molecular formula is C36H23NO. The van der Waals surface area contributed by atoms with E-state index < -0.39 is 0 Å². The second kappa shape index (κ2) is 8.22. The second-order valence-electron chi connectivity index (χ2n) is 9.78. The smallest absolute Gasteiger partial charge is 0.136 e. The molecule has 8 aromatic rings.